The second-order valence-electron chi connectivity index (χ2n) is 4.71. The van der Waals surface area contributed by atoms with Gasteiger partial charge in [0.05, 0.1) is 32.7 Å². The maximum atomic E-state index is 11.9. The lowest BCUT2D eigenvalue weighted by Gasteiger charge is -2.08. The van der Waals surface area contributed by atoms with Gasteiger partial charge in [-0.3, -0.25) is 14.9 Å². The van der Waals surface area contributed by atoms with Crippen molar-refractivity contribution in [1.29, 1.82) is 0 Å². The number of nitrogens with one attached hydrogen (secondary N) is 2. The second-order valence-corrected chi connectivity index (χ2v) is 4.71. The molecule has 20 heavy (non-hydrogen) atoms. The maximum Gasteiger partial charge on any atom is 0.311 e. The Hall–Kier alpha value is -2.15. The lowest BCUT2D eigenvalue weighted by molar-refractivity contribution is -0.858. The first-order valence-corrected chi connectivity index (χ1v) is 6.35. The van der Waals surface area contributed by atoms with Crippen LogP contribution in [0.1, 0.15) is 16.8 Å². The van der Waals surface area contributed by atoms with Crippen LogP contribution in [0, 0.1) is 10.1 Å². The first-order valence-electron chi connectivity index (χ1n) is 6.35. The molecule has 7 heteroatoms. The lowest BCUT2D eigenvalue weighted by Crippen LogP contribution is -3.05. The summed E-state index contributed by atoms with van der Waals surface area (Å²) < 4.78 is 4.89. The van der Waals surface area contributed by atoms with Gasteiger partial charge in [-0.25, -0.2) is 0 Å². The van der Waals surface area contributed by atoms with Crippen molar-refractivity contribution in [3.05, 3.63) is 33.9 Å². The molecule has 7 nitrogen and oxygen atoms in total. The summed E-state index contributed by atoms with van der Waals surface area (Å²) in [7, 11) is 5.43. The van der Waals surface area contributed by atoms with Gasteiger partial charge in [0.15, 0.2) is 5.75 Å². The van der Waals surface area contributed by atoms with E-state index in [1.165, 1.54) is 30.2 Å². The molecule has 0 radical (unpaired) electrons. The molecule has 110 valence electrons. The van der Waals surface area contributed by atoms with E-state index < -0.39 is 4.92 Å². The molecule has 0 heterocycles. The van der Waals surface area contributed by atoms with Gasteiger partial charge >= 0.3 is 5.69 Å². The Kier molecular flexibility index (Phi) is 5.92. The number of hydrogen-bond acceptors (Lipinski definition) is 4. The Morgan fingerprint density at radius 3 is 2.70 bits per heavy atom. The number of nitro groups is 1. The predicted octanol–water partition coefficient (Wildman–Crippen LogP) is -0.132. The molecule has 2 N–H and O–H groups in total. The molecular formula is C13H20N3O4+. The fourth-order valence-corrected chi connectivity index (χ4v) is 1.72. The van der Waals surface area contributed by atoms with Crippen LogP contribution in [0.4, 0.5) is 5.69 Å². The number of carbonyl (C=O) groups is 1. The van der Waals surface area contributed by atoms with Gasteiger partial charge in [-0.05, 0) is 12.1 Å². The molecule has 0 spiro atoms. The molecule has 1 rings (SSSR count). The van der Waals surface area contributed by atoms with Crippen LogP contribution >= 0.6 is 0 Å². The van der Waals surface area contributed by atoms with Crippen molar-refractivity contribution in [2.75, 3.05) is 34.3 Å². The number of nitrogens with zero attached hydrogens (tertiary/aromatic N) is 1. The molecule has 1 amide bonds. The van der Waals surface area contributed by atoms with E-state index in [1.807, 2.05) is 14.1 Å². The number of hydrogen-bond donors (Lipinski definition) is 2. The number of nitro benzene ring substituents is 1. The molecule has 0 aliphatic rings. The van der Waals surface area contributed by atoms with Crippen molar-refractivity contribution in [2.45, 2.75) is 6.42 Å². The minimum absolute atomic E-state index is 0.141. The number of quaternary nitrogens is 1. The van der Waals surface area contributed by atoms with Crippen LogP contribution in [0.25, 0.3) is 0 Å². The van der Waals surface area contributed by atoms with Crippen LogP contribution in [0.2, 0.25) is 0 Å². The standard InChI is InChI=1S/C13H19N3O4/c1-15(2)8-4-7-14-13(17)10-5-6-12(20-3)11(9-10)16(18)19/h5-6,9H,4,7-8H2,1-3H3,(H,14,17)/p+1. The van der Waals surface area contributed by atoms with Gasteiger partial charge in [-0.1, -0.05) is 0 Å². The van der Waals surface area contributed by atoms with Crippen molar-refractivity contribution in [3.63, 3.8) is 0 Å². The first kappa shape index (κ1) is 15.9. The first-order chi connectivity index (χ1) is 9.45. The average molecular weight is 282 g/mol. The summed E-state index contributed by atoms with van der Waals surface area (Å²) in [6, 6.07) is 4.17. The molecule has 0 fully saturated rings. The van der Waals surface area contributed by atoms with Crippen LogP contribution < -0.4 is 15.0 Å². The summed E-state index contributed by atoms with van der Waals surface area (Å²) in [4.78, 5) is 23.5. The normalized spacial score (nSPS) is 10.4. The molecule has 0 aliphatic heterocycles. The van der Waals surface area contributed by atoms with Gasteiger partial charge in [0, 0.05) is 24.6 Å². The van der Waals surface area contributed by atoms with Crippen molar-refractivity contribution >= 4 is 11.6 Å². The van der Waals surface area contributed by atoms with E-state index in [-0.39, 0.29) is 22.9 Å². The van der Waals surface area contributed by atoms with E-state index in [1.54, 1.807) is 0 Å². The average Bonchev–Trinajstić information content (AvgIpc) is 2.42. The SMILES string of the molecule is COc1ccc(C(=O)NCCC[NH+](C)C)cc1[N+](=O)[O-]. The molecule has 1 aromatic carbocycles. The molecule has 0 aliphatic carbocycles. The molecule has 0 bridgehead atoms. The minimum atomic E-state index is -0.564. The quantitative estimate of drug-likeness (QED) is 0.414. The van der Waals surface area contributed by atoms with Crippen molar-refractivity contribution < 1.29 is 19.4 Å². The Labute approximate surface area is 117 Å². The van der Waals surface area contributed by atoms with Crippen LogP contribution in [-0.2, 0) is 0 Å². The zero-order chi connectivity index (χ0) is 15.1. The van der Waals surface area contributed by atoms with Crippen LogP contribution in [-0.4, -0.2) is 45.1 Å². The van der Waals surface area contributed by atoms with E-state index in [0.717, 1.165) is 13.0 Å². The zero-order valence-electron chi connectivity index (χ0n) is 11.9. The van der Waals surface area contributed by atoms with E-state index in [2.05, 4.69) is 5.32 Å². The predicted molar refractivity (Wildman–Crippen MR) is 74.3 cm³/mol. The Balaban J connectivity index is 2.69. The smallest absolute Gasteiger partial charge is 0.311 e. The molecule has 0 saturated carbocycles. The second kappa shape index (κ2) is 7.44. The third kappa shape index (κ3) is 4.51. The number of methoxy groups -OCH3 is 1. The van der Waals surface area contributed by atoms with Gasteiger partial charge in [0.25, 0.3) is 5.91 Å². The molecular weight excluding hydrogens is 262 g/mol. The summed E-state index contributed by atoms with van der Waals surface area (Å²) in [5, 5.41) is 13.6. The van der Waals surface area contributed by atoms with Gasteiger partial charge < -0.3 is 15.0 Å². The van der Waals surface area contributed by atoms with E-state index in [4.69, 9.17) is 4.74 Å². The minimum Gasteiger partial charge on any atom is -0.490 e. The summed E-state index contributed by atoms with van der Waals surface area (Å²) in [5.41, 5.74) is 0.0487. The highest BCUT2D eigenvalue weighted by atomic mass is 16.6. The van der Waals surface area contributed by atoms with Crippen LogP contribution in [0.3, 0.4) is 0 Å². The number of carbonyl (C=O) groups excluding carboxylic acids is 1. The topological polar surface area (TPSA) is 85.9 Å². The highest BCUT2D eigenvalue weighted by Gasteiger charge is 2.17. The third-order valence-electron chi connectivity index (χ3n) is 2.78. The van der Waals surface area contributed by atoms with Crippen LogP contribution in [0.5, 0.6) is 5.75 Å². The highest BCUT2D eigenvalue weighted by molar-refractivity contribution is 5.95. The molecule has 0 saturated heterocycles. The molecule has 0 aromatic heterocycles. The summed E-state index contributed by atoms with van der Waals surface area (Å²) in [6.07, 6.45) is 0.853. The summed E-state index contributed by atoms with van der Waals surface area (Å²) in [6.45, 7) is 1.49. The van der Waals surface area contributed by atoms with Gasteiger partial charge in [0.1, 0.15) is 0 Å². The summed E-state index contributed by atoms with van der Waals surface area (Å²) in [5.74, 6) is -0.174. The van der Waals surface area contributed by atoms with E-state index in [9.17, 15) is 14.9 Å². The number of ether oxygens (including phenoxy) is 1. The van der Waals surface area contributed by atoms with Gasteiger partial charge in [0.2, 0.25) is 0 Å². The fourth-order valence-electron chi connectivity index (χ4n) is 1.72. The van der Waals surface area contributed by atoms with Crippen molar-refractivity contribution in [3.8, 4) is 5.75 Å². The van der Waals surface area contributed by atoms with Gasteiger partial charge in [-0.2, -0.15) is 0 Å². The number of amides is 1. The largest absolute Gasteiger partial charge is 0.490 e. The highest BCUT2D eigenvalue weighted by Crippen LogP contribution is 2.27. The van der Waals surface area contributed by atoms with Crippen molar-refractivity contribution in [1.82, 2.24) is 5.32 Å². The lowest BCUT2D eigenvalue weighted by atomic mass is 10.1. The molecule has 1 aromatic rings. The summed E-state index contributed by atoms with van der Waals surface area (Å²) >= 11 is 0. The van der Waals surface area contributed by atoms with Crippen LogP contribution in [0.15, 0.2) is 18.2 Å². The number of benzene rings is 1. The third-order valence-corrected chi connectivity index (χ3v) is 2.78. The van der Waals surface area contributed by atoms with E-state index in [0.29, 0.717) is 6.54 Å². The molecule has 0 unspecified atom stereocenters. The Morgan fingerprint density at radius 2 is 2.15 bits per heavy atom. The Morgan fingerprint density at radius 1 is 1.45 bits per heavy atom. The fraction of sp³-hybridized carbons (Fsp3) is 0.462. The monoisotopic (exact) mass is 282 g/mol. The van der Waals surface area contributed by atoms with Gasteiger partial charge in [-0.15, -0.1) is 0 Å². The molecule has 0 atom stereocenters. The number of rotatable bonds is 7. The Bertz CT molecular complexity index is 489. The maximum absolute atomic E-state index is 11.9. The van der Waals surface area contributed by atoms with E-state index >= 15 is 0 Å². The zero-order valence-corrected chi connectivity index (χ0v) is 11.9. The van der Waals surface area contributed by atoms with Crippen molar-refractivity contribution in [2.24, 2.45) is 0 Å².